The van der Waals surface area contributed by atoms with Gasteiger partial charge in [0.1, 0.15) is 5.60 Å². The zero-order valence-corrected chi connectivity index (χ0v) is 16.2. The van der Waals surface area contributed by atoms with E-state index in [4.69, 9.17) is 16.2 Å². The van der Waals surface area contributed by atoms with Gasteiger partial charge in [-0.15, -0.1) is 0 Å². The molecule has 0 saturated carbocycles. The van der Waals surface area contributed by atoms with Gasteiger partial charge in [-0.1, -0.05) is 0 Å². The smallest absolute Gasteiger partial charge is 0.410 e. The van der Waals surface area contributed by atoms with Crippen LogP contribution in [0.2, 0.25) is 0 Å². The number of hydrogen-bond donors (Lipinski definition) is 2. The standard InChI is InChI=1S/C10H20N2O2.C3H9N.C2H7NS/c1-10(2,3)14-9(13)12-6-4-5-8(11)7-12;1-4(2)3;1-4-2-3/h8H,4-7,11H2,1-3H3;1-3H3;2-3H2,1H3/t8-;;/m1../s1. The van der Waals surface area contributed by atoms with Gasteiger partial charge >= 0.3 is 6.09 Å². The molecule has 4 N–H and O–H groups in total. The van der Waals surface area contributed by atoms with Gasteiger partial charge in [-0.2, -0.15) is 11.8 Å². The van der Waals surface area contributed by atoms with Crippen molar-refractivity contribution in [1.82, 2.24) is 9.80 Å². The predicted molar refractivity (Wildman–Crippen MR) is 97.2 cm³/mol. The van der Waals surface area contributed by atoms with Crippen molar-refractivity contribution in [2.24, 2.45) is 11.5 Å². The Hall–Kier alpha value is -0.500. The minimum atomic E-state index is -0.418. The van der Waals surface area contributed by atoms with Crippen LogP contribution in [0.5, 0.6) is 0 Å². The summed E-state index contributed by atoms with van der Waals surface area (Å²) in [6, 6.07) is 0.108. The third kappa shape index (κ3) is 17.6. The van der Waals surface area contributed by atoms with Gasteiger partial charge in [-0.3, -0.25) is 0 Å². The second-order valence-electron chi connectivity index (χ2n) is 6.63. The number of amides is 1. The number of likely N-dealkylation sites (tertiary alicyclic amines) is 1. The molecule has 0 spiro atoms. The van der Waals surface area contributed by atoms with E-state index in [2.05, 4.69) is 0 Å². The van der Waals surface area contributed by atoms with Gasteiger partial charge in [0.15, 0.2) is 0 Å². The zero-order valence-electron chi connectivity index (χ0n) is 15.4. The first-order valence-corrected chi connectivity index (χ1v) is 8.96. The van der Waals surface area contributed by atoms with Crippen molar-refractivity contribution >= 4 is 17.9 Å². The molecule has 0 radical (unpaired) electrons. The summed E-state index contributed by atoms with van der Waals surface area (Å²) >= 11 is 1.63. The average molecular weight is 337 g/mol. The topological polar surface area (TPSA) is 84.8 Å². The Morgan fingerprint density at radius 1 is 1.36 bits per heavy atom. The fourth-order valence-corrected chi connectivity index (χ4v) is 1.50. The molecule has 0 aromatic heterocycles. The lowest BCUT2D eigenvalue weighted by molar-refractivity contribution is 0.0200. The van der Waals surface area contributed by atoms with Crippen LogP contribution in [0.4, 0.5) is 4.79 Å². The van der Waals surface area contributed by atoms with Crippen LogP contribution in [0.1, 0.15) is 33.6 Å². The molecule has 134 valence electrons. The lowest BCUT2D eigenvalue weighted by atomic mass is 10.1. The Bertz CT molecular complexity index is 278. The molecular formula is C15H36N4O2S. The van der Waals surface area contributed by atoms with Crippen molar-refractivity contribution in [2.45, 2.75) is 45.3 Å². The largest absolute Gasteiger partial charge is 0.444 e. The number of carbonyl (C=O) groups excluding carboxylic acids is 1. The van der Waals surface area contributed by atoms with Crippen molar-refractivity contribution in [3.63, 3.8) is 0 Å². The van der Waals surface area contributed by atoms with Crippen LogP contribution in [0.3, 0.4) is 0 Å². The Morgan fingerprint density at radius 2 is 1.82 bits per heavy atom. The molecule has 6 nitrogen and oxygen atoms in total. The Labute approximate surface area is 140 Å². The molecule has 7 heteroatoms. The molecule has 1 rings (SSSR count). The molecule has 0 aliphatic carbocycles. The minimum absolute atomic E-state index is 0.108. The third-order valence-corrected chi connectivity index (χ3v) is 2.61. The Kier molecular flexibility index (Phi) is 14.0. The van der Waals surface area contributed by atoms with E-state index in [1.54, 1.807) is 16.7 Å². The third-order valence-electron chi connectivity index (χ3n) is 2.28. The number of nitrogens with two attached hydrogens (primary N) is 2. The second-order valence-corrected chi connectivity index (χ2v) is 7.54. The van der Waals surface area contributed by atoms with E-state index in [1.807, 2.05) is 53.1 Å². The van der Waals surface area contributed by atoms with Gasteiger partial charge in [0.2, 0.25) is 0 Å². The molecule has 0 aromatic rings. The number of rotatable bonds is 1. The highest BCUT2D eigenvalue weighted by atomic mass is 32.2. The highest BCUT2D eigenvalue weighted by Gasteiger charge is 2.25. The molecule has 1 atom stereocenters. The number of thioether (sulfide) groups is 1. The summed E-state index contributed by atoms with van der Waals surface area (Å²) in [5.74, 6) is 0.736. The minimum Gasteiger partial charge on any atom is -0.444 e. The summed E-state index contributed by atoms with van der Waals surface area (Å²) in [4.78, 5) is 15.3. The molecule has 0 bridgehead atoms. The number of piperidine rings is 1. The predicted octanol–water partition coefficient (Wildman–Crippen LogP) is 1.79. The van der Waals surface area contributed by atoms with Crippen LogP contribution in [0, 0.1) is 0 Å². The summed E-state index contributed by atoms with van der Waals surface area (Å²) in [5, 5.41) is 0. The van der Waals surface area contributed by atoms with Gasteiger partial charge in [0.25, 0.3) is 0 Å². The molecular weight excluding hydrogens is 300 g/mol. The zero-order chi connectivity index (χ0) is 17.8. The van der Waals surface area contributed by atoms with Crippen molar-refractivity contribution in [2.75, 3.05) is 46.4 Å². The molecule has 0 aromatic carbocycles. The lowest BCUT2D eigenvalue weighted by Gasteiger charge is -2.32. The van der Waals surface area contributed by atoms with Crippen molar-refractivity contribution in [1.29, 1.82) is 0 Å². The molecule has 1 fully saturated rings. The van der Waals surface area contributed by atoms with E-state index >= 15 is 0 Å². The quantitative estimate of drug-likeness (QED) is 0.710. The molecule has 1 aliphatic heterocycles. The Balaban J connectivity index is 0. The van der Waals surface area contributed by atoms with Gasteiger partial charge in [0, 0.05) is 25.0 Å². The monoisotopic (exact) mass is 336 g/mol. The second kappa shape index (κ2) is 13.0. The van der Waals surface area contributed by atoms with E-state index in [1.165, 1.54) is 0 Å². The number of carbonyl (C=O) groups is 1. The normalized spacial score (nSPS) is 17.9. The highest BCUT2D eigenvalue weighted by Crippen LogP contribution is 2.14. The summed E-state index contributed by atoms with van der Waals surface area (Å²) in [6.07, 6.45) is 3.70. The summed E-state index contributed by atoms with van der Waals surface area (Å²) in [6.45, 7) is 7.00. The van der Waals surface area contributed by atoms with Gasteiger partial charge in [0.05, 0.1) is 0 Å². The molecule has 1 amide bonds. The average Bonchev–Trinajstić information content (AvgIpc) is 2.36. The summed E-state index contributed by atoms with van der Waals surface area (Å²) in [5.41, 5.74) is 10.3. The van der Waals surface area contributed by atoms with E-state index in [0.29, 0.717) is 6.54 Å². The maximum atomic E-state index is 11.6. The van der Waals surface area contributed by atoms with Crippen LogP contribution in [0.25, 0.3) is 0 Å². The van der Waals surface area contributed by atoms with Crippen molar-refractivity contribution in [3.8, 4) is 0 Å². The van der Waals surface area contributed by atoms with Crippen molar-refractivity contribution < 1.29 is 9.53 Å². The van der Waals surface area contributed by atoms with Gasteiger partial charge < -0.3 is 26.0 Å². The first kappa shape index (κ1) is 23.8. The van der Waals surface area contributed by atoms with E-state index in [9.17, 15) is 4.79 Å². The molecule has 1 heterocycles. The van der Waals surface area contributed by atoms with Gasteiger partial charge in [-0.05, 0) is 61.0 Å². The Morgan fingerprint density at radius 3 is 2.14 bits per heavy atom. The van der Waals surface area contributed by atoms with Crippen LogP contribution in [-0.4, -0.2) is 73.9 Å². The summed E-state index contributed by atoms with van der Waals surface area (Å²) < 4.78 is 5.26. The molecule has 1 aliphatic rings. The molecule has 0 unspecified atom stereocenters. The van der Waals surface area contributed by atoms with Crippen LogP contribution >= 0.6 is 11.8 Å². The maximum absolute atomic E-state index is 11.6. The van der Waals surface area contributed by atoms with E-state index < -0.39 is 5.60 Å². The maximum Gasteiger partial charge on any atom is 0.410 e. The SMILES string of the molecule is CC(C)(C)OC(=O)N1CCC[C@@H](N)C1.CN(C)C.CSCN. The fourth-order valence-electron chi connectivity index (χ4n) is 1.50. The van der Waals surface area contributed by atoms with Crippen LogP contribution in [0.15, 0.2) is 0 Å². The number of ether oxygens (including phenoxy) is 1. The number of hydrogen-bond acceptors (Lipinski definition) is 6. The number of nitrogens with zero attached hydrogens (tertiary/aromatic N) is 2. The lowest BCUT2D eigenvalue weighted by Crippen LogP contribution is -2.47. The fraction of sp³-hybridized carbons (Fsp3) is 0.933. The van der Waals surface area contributed by atoms with Crippen LogP contribution < -0.4 is 11.5 Å². The van der Waals surface area contributed by atoms with Crippen LogP contribution in [-0.2, 0) is 4.74 Å². The van der Waals surface area contributed by atoms with E-state index in [0.717, 1.165) is 25.3 Å². The van der Waals surface area contributed by atoms with Crippen molar-refractivity contribution in [3.05, 3.63) is 0 Å². The highest BCUT2D eigenvalue weighted by molar-refractivity contribution is 7.98. The molecule has 22 heavy (non-hydrogen) atoms. The first-order valence-electron chi connectivity index (χ1n) is 7.57. The van der Waals surface area contributed by atoms with E-state index in [-0.39, 0.29) is 12.1 Å². The molecule has 1 saturated heterocycles. The van der Waals surface area contributed by atoms with Gasteiger partial charge in [-0.25, -0.2) is 4.79 Å². The summed E-state index contributed by atoms with van der Waals surface area (Å²) in [7, 11) is 6.00. The first-order chi connectivity index (χ1) is 10.0.